The first-order chi connectivity index (χ1) is 16.0. The van der Waals surface area contributed by atoms with Crippen LogP contribution in [0, 0.1) is 0 Å². The predicted octanol–water partition coefficient (Wildman–Crippen LogP) is 1.56. The van der Waals surface area contributed by atoms with Crippen molar-refractivity contribution in [1.29, 1.82) is 0 Å². The van der Waals surface area contributed by atoms with Crippen LogP contribution in [0.5, 0.6) is 5.75 Å². The number of pyridine rings is 1. The van der Waals surface area contributed by atoms with Gasteiger partial charge in [0.05, 0.1) is 12.8 Å². The molecule has 2 aliphatic heterocycles. The van der Waals surface area contributed by atoms with Crippen molar-refractivity contribution in [2.75, 3.05) is 27.2 Å². The van der Waals surface area contributed by atoms with Gasteiger partial charge in [0.1, 0.15) is 11.8 Å². The first-order valence-electron chi connectivity index (χ1n) is 11.6. The summed E-state index contributed by atoms with van der Waals surface area (Å²) in [4.78, 5) is 34.4. The molecule has 0 bridgehead atoms. The van der Waals surface area contributed by atoms with Crippen LogP contribution in [-0.4, -0.2) is 72.0 Å². The van der Waals surface area contributed by atoms with Crippen LogP contribution < -0.4 is 15.4 Å². The molecule has 2 saturated heterocycles. The molecule has 2 aliphatic rings. The van der Waals surface area contributed by atoms with Crippen molar-refractivity contribution in [2.24, 2.45) is 0 Å². The molecular formula is C25H33N5O3. The number of nitrogens with one attached hydrogen (secondary N) is 2. The Bertz CT molecular complexity index is 937. The van der Waals surface area contributed by atoms with E-state index in [1.807, 2.05) is 42.5 Å². The summed E-state index contributed by atoms with van der Waals surface area (Å²) in [7, 11) is 3.72. The number of ether oxygens (including phenoxy) is 1. The standard InChI is InChI=1S/C25H33N5O3/c1-29-20(8-11-23(31)27-15-18-6-9-21(33-2)10-7-18)16-28-25(32)24-22(29)12-14-30(24)17-19-5-3-4-13-26-19/h3-7,9-10,13,20,22,24H,8,11-12,14-17H2,1-2H3,(H,27,31)(H,28,32)/t20-,22+,24-/m0/s1. The van der Waals surface area contributed by atoms with Gasteiger partial charge in [0.25, 0.3) is 0 Å². The van der Waals surface area contributed by atoms with Crippen molar-refractivity contribution < 1.29 is 14.3 Å². The number of nitrogens with zero attached hydrogens (tertiary/aromatic N) is 3. The minimum Gasteiger partial charge on any atom is -0.497 e. The summed E-state index contributed by atoms with van der Waals surface area (Å²) in [5, 5.41) is 6.11. The van der Waals surface area contributed by atoms with E-state index in [0.717, 1.165) is 30.0 Å². The summed E-state index contributed by atoms with van der Waals surface area (Å²) in [6, 6.07) is 13.6. The van der Waals surface area contributed by atoms with Crippen molar-refractivity contribution in [3.63, 3.8) is 0 Å². The predicted molar refractivity (Wildman–Crippen MR) is 125 cm³/mol. The van der Waals surface area contributed by atoms with Gasteiger partial charge in [-0.1, -0.05) is 18.2 Å². The summed E-state index contributed by atoms with van der Waals surface area (Å²) in [6.07, 6.45) is 3.85. The summed E-state index contributed by atoms with van der Waals surface area (Å²) in [6.45, 7) is 2.58. The molecule has 3 heterocycles. The third-order valence-electron chi connectivity index (χ3n) is 6.79. The summed E-state index contributed by atoms with van der Waals surface area (Å²) in [5.74, 6) is 0.897. The fourth-order valence-corrected chi connectivity index (χ4v) is 4.86. The van der Waals surface area contributed by atoms with Gasteiger partial charge < -0.3 is 15.4 Å². The molecule has 2 N–H and O–H groups in total. The van der Waals surface area contributed by atoms with Gasteiger partial charge >= 0.3 is 0 Å². The van der Waals surface area contributed by atoms with Crippen LogP contribution >= 0.6 is 0 Å². The monoisotopic (exact) mass is 451 g/mol. The quantitative estimate of drug-likeness (QED) is 0.634. The Morgan fingerprint density at radius 1 is 1.24 bits per heavy atom. The van der Waals surface area contributed by atoms with Gasteiger partial charge in [-0.15, -0.1) is 0 Å². The van der Waals surface area contributed by atoms with E-state index in [1.165, 1.54) is 0 Å². The molecule has 3 atom stereocenters. The summed E-state index contributed by atoms with van der Waals surface area (Å²) >= 11 is 0. The Morgan fingerprint density at radius 3 is 2.79 bits per heavy atom. The summed E-state index contributed by atoms with van der Waals surface area (Å²) in [5.41, 5.74) is 2.01. The van der Waals surface area contributed by atoms with E-state index >= 15 is 0 Å². The van der Waals surface area contributed by atoms with Gasteiger partial charge in [0.15, 0.2) is 0 Å². The number of benzene rings is 1. The zero-order valence-electron chi connectivity index (χ0n) is 19.4. The Kier molecular flexibility index (Phi) is 7.57. The van der Waals surface area contributed by atoms with E-state index in [-0.39, 0.29) is 29.9 Å². The van der Waals surface area contributed by atoms with Crippen LogP contribution in [0.3, 0.4) is 0 Å². The van der Waals surface area contributed by atoms with Crippen LogP contribution in [0.2, 0.25) is 0 Å². The average Bonchev–Trinajstić information content (AvgIpc) is 3.21. The van der Waals surface area contributed by atoms with E-state index in [1.54, 1.807) is 13.3 Å². The molecule has 2 aromatic rings. The number of amides is 2. The highest BCUT2D eigenvalue weighted by Gasteiger charge is 2.44. The molecule has 1 aromatic carbocycles. The molecule has 0 radical (unpaired) electrons. The van der Waals surface area contributed by atoms with Crippen molar-refractivity contribution in [2.45, 2.75) is 50.5 Å². The van der Waals surface area contributed by atoms with Crippen LogP contribution in [0.4, 0.5) is 0 Å². The second-order valence-corrected chi connectivity index (χ2v) is 8.82. The first-order valence-corrected chi connectivity index (χ1v) is 11.6. The molecule has 2 amide bonds. The van der Waals surface area contributed by atoms with E-state index in [2.05, 4.69) is 32.5 Å². The minimum atomic E-state index is -0.189. The number of likely N-dealkylation sites (N-methyl/N-ethyl adjacent to an activating group) is 1. The zero-order valence-corrected chi connectivity index (χ0v) is 19.4. The molecular weight excluding hydrogens is 418 g/mol. The number of carbonyl (C=O) groups excluding carboxylic acids is 2. The first kappa shape index (κ1) is 23.2. The zero-order chi connectivity index (χ0) is 23.2. The average molecular weight is 452 g/mol. The number of likely N-dealkylation sites (tertiary alicyclic amines) is 1. The topological polar surface area (TPSA) is 86.8 Å². The van der Waals surface area contributed by atoms with Gasteiger partial charge in [-0.3, -0.25) is 24.4 Å². The van der Waals surface area contributed by atoms with Crippen LogP contribution in [-0.2, 0) is 22.7 Å². The highest BCUT2D eigenvalue weighted by molar-refractivity contribution is 5.83. The third kappa shape index (κ3) is 5.69. The Labute approximate surface area is 195 Å². The maximum Gasteiger partial charge on any atom is 0.239 e. The van der Waals surface area contributed by atoms with Crippen molar-refractivity contribution in [3.05, 3.63) is 59.9 Å². The summed E-state index contributed by atoms with van der Waals surface area (Å²) < 4.78 is 5.17. The van der Waals surface area contributed by atoms with E-state index in [4.69, 9.17) is 4.74 Å². The number of hydrogen-bond acceptors (Lipinski definition) is 6. The number of hydrogen-bond donors (Lipinski definition) is 2. The van der Waals surface area contributed by atoms with E-state index in [9.17, 15) is 9.59 Å². The molecule has 8 heteroatoms. The molecule has 0 spiro atoms. The molecule has 4 rings (SSSR count). The maximum atomic E-state index is 12.9. The van der Waals surface area contributed by atoms with Crippen LogP contribution in [0.25, 0.3) is 0 Å². The lowest BCUT2D eigenvalue weighted by Gasteiger charge is -2.33. The van der Waals surface area contributed by atoms with Crippen LogP contribution in [0.1, 0.15) is 30.5 Å². The maximum absolute atomic E-state index is 12.9. The minimum absolute atomic E-state index is 0.0227. The SMILES string of the molecule is COc1ccc(CNC(=O)CC[C@H]2CNC(=O)[C@@H]3[C@@H](CCN3Cc3ccccn3)N2C)cc1. The molecule has 8 nitrogen and oxygen atoms in total. The normalized spacial score (nSPS) is 23.5. The lowest BCUT2D eigenvalue weighted by atomic mass is 10.0. The van der Waals surface area contributed by atoms with E-state index in [0.29, 0.717) is 32.5 Å². The van der Waals surface area contributed by atoms with Gasteiger partial charge in [0.2, 0.25) is 11.8 Å². The lowest BCUT2D eigenvalue weighted by Crippen LogP contribution is -2.49. The Balaban J connectivity index is 1.29. The van der Waals surface area contributed by atoms with Crippen LogP contribution in [0.15, 0.2) is 48.7 Å². The largest absolute Gasteiger partial charge is 0.497 e. The van der Waals surface area contributed by atoms with Crippen molar-refractivity contribution in [3.8, 4) is 5.75 Å². The van der Waals surface area contributed by atoms with Crippen molar-refractivity contribution >= 4 is 11.8 Å². The molecule has 0 saturated carbocycles. The number of fused-ring (bicyclic) bond motifs is 1. The molecule has 0 unspecified atom stereocenters. The second kappa shape index (κ2) is 10.8. The van der Waals surface area contributed by atoms with Gasteiger partial charge in [-0.05, 0) is 49.7 Å². The van der Waals surface area contributed by atoms with Crippen molar-refractivity contribution in [1.82, 2.24) is 25.4 Å². The molecule has 176 valence electrons. The Morgan fingerprint density at radius 2 is 2.06 bits per heavy atom. The number of carbonyl (C=O) groups is 2. The van der Waals surface area contributed by atoms with Gasteiger partial charge in [-0.2, -0.15) is 0 Å². The lowest BCUT2D eigenvalue weighted by molar-refractivity contribution is -0.126. The van der Waals surface area contributed by atoms with E-state index < -0.39 is 0 Å². The molecule has 33 heavy (non-hydrogen) atoms. The number of methoxy groups -OCH3 is 1. The second-order valence-electron chi connectivity index (χ2n) is 8.82. The Hall–Kier alpha value is -2.97. The fraction of sp³-hybridized carbons (Fsp3) is 0.480. The molecule has 1 aromatic heterocycles. The van der Waals surface area contributed by atoms with Gasteiger partial charge in [0, 0.05) is 50.9 Å². The number of rotatable bonds is 8. The third-order valence-corrected chi connectivity index (χ3v) is 6.79. The molecule has 2 fully saturated rings. The highest BCUT2D eigenvalue weighted by Crippen LogP contribution is 2.28. The molecule has 0 aliphatic carbocycles. The smallest absolute Gasteiger partial charge is 0.239 e. The highest BCUT2D eigenvalue weighted by atomic mass is 16.5. The fourth-order valence-electron chi connectivity index (χ4n) is 4.86. The van der Waals surface area contributed by atoms with Gasteiger partial charge in [-0.25, -0.2) is 0 Å². The number of aromatic nitrogens is 1.